The van der Waals surface area contributed by atoms with Crippen molar-refractivity contribution in [3.05, 3.63) is 59.2 Å². The number of anilines is 1. The van der Waals surface area contributed by atoms with E-state index in [4.69, 9.17) is 0 Å². The monoisotopic (exact) mass is 381 g/mol. The van der Waals surface area contributed by atoms with Crippen LogP contribution < -0.4 is 5.32 Å². The summed E-state index contributed by atoms with van der Waals surface area (Å²) in [6.45, 7) is 8.34. The summed E-state index contributed by atoms with van der Waals surface area (Å²) in [7, 11) is 0. The summed E-state index contributed by atoms with van der Waals surface area (Å²) in [6, 6.07) is 13.9. The minimum Gasteiger partial charge on any atom is -0.325 e. The lowest BCUT2D eigenvalue weighted by Gasteiger charge is -2.10. The Morgan fingerprint density at radius 3 is 2.74 bits per heavy atom. The molecule has 0 bridgehead atoms. The van der Waals surface area contributed by atoms with E-state index in [1.165, 1.54) is 22.9 Å². The number of carbonyl (C=O) groups excluding carboxylic acids is 1. The quantitative estimate of drug-likeness (QED) is 0.650. The first-order valence-electron chi connectivity index (χ1n) is 8.83. The van der Waals surface area contributed by atoms with Gasteiger partial charge in [-0.25, -0.2) is 0 Å². The SMILES string of the molecule is Cc1cccc(-n2nnnc2SCC(=O)Nc2cccc(C(C)C)c2)c1C. The average Bonchev–Trinajstić information content (AvgIpc) is 3.11. The molecule has 0 fully saturated rings. The van der Waals surface area contributed by atoms with Crippen LogP contribution in [0.2, 0.25) is 0 Å². The number of amides is 1. The molecular formula is C20H23N5OS. The molecule has 0 saturated carbocycles. The van der Waals surface area contributed by atoms with Crippen LogP contribution in [0.25, 0.3) is 5.69 Å². The first kappa shape index (κ1) is 19.1. The lowest BCUT2D eigenvalue weighted by Crippen LogP contribution is -2.15. The van der Waals surface area contributed by atoms with Crippen molar-refractivity contribution in [2.45, 2.75) is 38.8 Å². The van der Waals surface area contributed by atoms with Crippen LogP contribution in [0.4, 0.5) is 5.69 Å². The van der Waals surface area contributed by atoms with Gasteiger partial charge in [-0.05, 0) is 65.1 Å². The molecule has 140 valence electrons. The molecule has 0 aliphatic carbocycles. The molecule has 1 heterocycles. The van der Waals surface area contributed by atoms with Crippen molar-refractivity contribution in [2.24, 2.45) is 0 Å². The predicted molar refractivity (Wildman–Crippen MR) is 109 cm³/mol. The maximum atomic E-state index is 12.3. The lowest BCUT2D eigenvalue weighted by molar-refractivity contribution is -0.113. The highest BCUT2D eigenvalue weighted by Gasteiger charge is 2.14. The average molecular weight is 382 g/mol. The molecule has 0 unspecified atom stereocenters. The van der Waals surface area contributed by atoms with Crippen LogP contribution >= 0.6 is 11.8 Å². The molecule has 1 aromatic heterocycles. The number of aromatic nitrogens is 4. The third-order valence-electron chi connectivity index (χ3n) is 4.41. The zero-order valence-corrected chi connectivity index (χ0v) is 16.7. The molecule has 0 aliphatic heterocycles. The molecule has 3 rings (SSSR count). The van der Waals surface area contributed by atoms with Crippen molar-refractivity contribution >= 4 is 23.4 Å². The molecule has 27 heavy (non-hydrogen) atoms. The maximum absolute atomic E-state index is 12.3. The molecule has 6 nitrogen and oxygen atoms in total. The molecule has 0 atom stereocenters. The number of tetrazole rings is 1. The van der Waals surface area contributed by atoms with Gasteiger partial charge in [0, 0.05) is 5.69 Å². The van der Waals surface area contributed by atoms with Crippen LogP contribution in [0.5, 0.6) is 0 Å². The molecule has 1 N–H and O–H groups in total. The van der Waals surface area contributed by atoms with E-state index in [0.29, 0.717) is 11.1 Å². The Labute approximate surface area is 163 Å². The highest BCUT2D eigenvalue weighted by Crippen LogP contribution is 2.23. The third-order valence-corrected chi connectivity index (χ3v) is 5.33. The molecule has 7 heteroatoms. The summed E-state index contributed by atoms with van der Waals surface area (Å²) >= 11 is 1.32. The smallest absolute Gasteiger partial charge is 0.234 e. The summed E-state index contributed by atoms with van der Waals surface area (Å²) in [6.07, 6.45) is 0. The summed E-state index contributed by atoms with van der Waals surface area (Å²) in [5.41, 5.74) is 5.20. The topological polar surface area (TPSA) is 72.7 Å². The van der Waals surface area contributed by atoms with E-state index in [1.807, 2.05) is 37.3 Å². The van der Waals surface area contributed by atoms with Crippen LogP contribution in [-0.2, 0) is 4.79 Å². The molecule has 0 radical (unpaired) electrons. The van der Waals surface area contributed by atoms with Crippen molar-refractivity contribution in [2.75, 3.05) is 11.1 Å². The van der Waals surface area contributed by atoms with Crippen LogP contribution in [-0.4, -0.2) is 31.9 Å². The van der Waals surface area contributed by atoms with Crippen molar-refractivity contribution in [3.8, 4) is 5.69 Å². The number of nitrogens with zero attached hydrogens (tertiary/aromatic N) is 4. The highest BCUT2D eigenvalue weighted by atomic mass is 32.2. The zero-order chi connectivity index (χ0) is 19.4. The number of rotatable bonds is 6. The summed E-state index contributed by atoms with van der Waals surface area (Å²) in [5.74, 6) is 0.562. The van der Waals surface area contributed by atoms with Crippen LogP contribution in [0.1, 0.15) is 36.5 Å². The Hall–Kier alpha value is -2.67. The third kappa shape index (κ3) is 4.54. The van der Waals surface area contributed by atoms with Gasteiger partial charge in [-0.2, -0.15) is 4.68 Å². The number of aryl methyl sites for hydroxylation is 1. The fourth-order valence-electron chi connectivity index (χ4n) is 2.69. The van der Waals surface area contributed by atoms with Gasteiger partial charge < -0.3 is 5.32 Å². The Morgan fingerprint density at radius 1 is 1.19 bits per heavy atom. The maximum Gasteiger partial charge on any atom is 0.234 e. The normalized spacial score (nSPS) is 11.0. The minimum atomic E-state index is -0.0866. The summed E-state index contributed by atoms with van der Waals surface area (Å²) < 4.78 is 1.68. The van der Waals surface area contributed by atoms with Crippen molar-refractivity contribution in [1.29, 1.82) is 0 Å². The Kier molecular flexibility index (Phi) is 5.91. The Bertz CT molecular complexity index is 951. The van der Waals surface area contributed by atoms with E-state index in [-0.39, 0.29) is 11.7 Å². The van der Waals surface area contributed by atoms with E-state index < -0.39 is 0 Å². The number of carbonyl (C=O) groups is 1. The molecule has 0 spiro atoms. The molecule has 2 aromatic carbocycles. The zero-order valence-electron chi connectivity index (χ0n) is 15.9. The number of benzene rings is 2. The number of thioether (sulfide) groups is 1. The fraction of sp³-hybridized carbons (Fsp3) is 0.300. The van der Waals surface area contributed by atoms with Crippen LogP contribution in [0.3, 0.4) is 0 Å². The van der Waals surface area contributed by atoms with E-state index in [0.717, 1.165) is 16.9 Å². The summed E-state index contributed by atoms with van der Waals surface area (Å²) in [5, 5.41) is 15.5. The largest absolute Gasteiger partial charge is 0.325 e. The van der Waals surface area contributed by atoms with Gasteiger partial charge in [0.25, 0.3) is 0 Å². The van der Waals surface area contributed by atoms with Crippen molar-refractivity contribution in [1.82, 2.24) is 20.2 Å². The van der Waals surface area contributed by atoms with E-state index >= 15 is 0 Å². The van der Waals surface area contributed by atoms with Gasteiger partial charge in [0.2, 0.25) is 11.1 Å². The molecule has 3 aromatic rings. The Balaban J connectivity index is 1.68. The number of hydrogen-bond donors (Lipinski definition) is 1. The first-order chi connectivity index (χ1) is 13.0. The molecular weight excluding hydrogens is 358 g/mol. The summed E-state index contributed by atoms with van der Waals surface area (Å²) in [4.78, 5) is 12.3. The van der Waals surface area contributed by atoms with Gasteiger partial charge in [0.1, 0.15) is 0 Å². The van der Waals surface area contributed by atoms with Crippen LogP contribution in [0, 0.1) is 13.8 Å². The number of hydrogen-bond acceptors (Lipinski definition) is 5. The second-order valence-electron chi connectivity index (χ2n) is 6.71. The highest BCUT2D eigenvalue weighted by molar-refractivity contribution is 7.99. The van der Waals surface area contributed by atoms with E-state index in [9.17, 15) is 4.79 Å². The molecule has 0 aliphatic rings. The van der Waals surface area contributed by atoms with Gasteiger partial charge in [-0.3, -0.25) is 4.79 Å². The predicted octanol–water partition coefficient (Wildman–Crippen LogP) is 4.13. The molecule has 1 amide bonds. The lowest BCUT2D eigenvalue weighted by atomic mass is 10.0. The fourth-order valence-corrected chi connectivity index (χ4v) is 3.37. The van der Waals surface area contributed by atoms with Crippen molar-refractivity contribution < 1.29 is 4.79 Å². The van der Waals surface area contributed by atoms with Gasteiger partial charge in [0.15, 0.2) is 0 Å². The van der Waals surface area contributed by atoms with Gasteiger partial charge >= 0.3 is 0 Å². The first-order valence-corrected chi connectivity index (χ1v) is 9.82. The standard InChI is InChI=1S/C20H23N5OS/c1-13(2)16-8-6-9-17(11-16)21-19(26)12-27-20-22-23-24-25(20)18-10-5-7-14(3)15(18)4/h5-11,13H,12H2,1-4H3,(H,21,26). The Morgan fingerprint density at radius 2 is 1.96 bits per heavy atom. The van der Waals surface area contributed by atoms with Crippen LogP contribution in [0.15, 0.2) is 47.6 Å². The second-order valence-corrected chi connectivity index (χ2v) is 7.65. The minimum absolute atomic E-state index is 0.0866. The number of nitrogens with one attached hydrogen (secondary N) is 1. The second kappa shape index (κ2) is 8.35. The van der Waals surface area contributed by atoms with Crippen molar-refractivity contribution in [3.63, 3.8) is 0 Å². The van der Waals surface area contributed by atoms with E-state index in [2.05, 4.69) is 53.7 Å². The van der Waals surface area contributed by atoms with E-state index in [1.54, 1.807) is 4.68 Å². The van der Waals surface area contributed by atoms with Gasteiger partial charge in [-0.15, -0.1) is 5.10 Å². The van der Waals surface area contributed by atoms with Gasteiger partial charge in [-0.1, -0.05) is 49.9 Å². The van der Waals surface area contributed by atoms with Gasteiger partial charge in [0.05, 0.1) is 11.4 Å². The molecule has 0 saturated heterocycles.